The van der Waals surface area contributed by atoms with Crippen molar-refractivity contribution in [3.63, 3.8) is 0 Å². The first-order chi connectivity index (χ1) is 43.0. The SMILES string of the molecule is Cc1cccc(-c2cc3ccc4c(Nc5cccc(-c6cccc(C7(c8ccccc8)c8ccccc8-c8ccccc87)c6)c5)ccc5ccc(c2Nc2cccc(-c6cccc(C7(c8ccccc8)c8ccccc8-c8ccccc87)c6)c2)c3c54)c1. The van der Waals surface area contributed by atoms with Crippen LogP contribution in [0.5, 0.6) is 0 Å². The molecule has 15 aromatic rings. The molecule has 15 aromatic carbocycles. The van der Waals surface area contributed by atoms with E-state index in [0.29, 0.717) is 0 Å². The minimum absolute atomic E-state index is 0.473. The molecule has 2 aliphatic rings. The van der Waals surface area contributed by atoms with E-state index in [-0.39, 0.29) is 0 Å². The number of benzene rings is 15. The molecule has 2 N–H and O–H groups in total. The number of rotatable bonds is 11. The molecule has 2 nitrogen and oxygen atoms in total. The lowest BCUT2D eigenvalue weighted by molar-refractivity contribution is 0.769. The number of fused-ring (bicyclic) bond motifs is 6. The van der Waals surface area contributed by atoms with Gasteiger partial charge in [0.25, 0.3) is 0 Å². The third kappa shape index (κ3) is 7.81. The van der Waals surface area contributed by atoms with Crippen molar-refractivity contribution in [3.05, 3.63) is 372 Å². The molecule has 2 aliphatic carbocycles. The minimum Gasteiger partial charge on any atom is -0.355 e. The molecular formula is C85H58N2. The molecule has 0 aromatic heterocycles. The zero-order valence-corrected chi connectivity index (χ0v) is 48.1. The molecule has 408 valence electrons. The number of hydrogen-bond donors (Lipinski definition) is 2. The van der Waals surface area contributed by atoms with Crippen molar-refractivity contribution in [2.24, 2.45) is 0 Å². The topological polar surface area (TPSA) is 24.1 Å². The van der Waals surface area contributed by atoms with E-state index in [2.05, 4.69) is 339 Å². The van der Waals surface area contributed by atoms with E-state index in [1.54, 1.807) is 0 Å². The summed E-state index contributed by atoms with van der Waals surface area (Å²) in [7, 11) is 0. The fourth-order valence-electron chi connectivity index (χ4n) is 15.3. The summed E-state index contributed by atoms with van der Waals surface area (Å²) in [6, 6.07) is 119. The molecule has 0 unspecified atom stereocenters. The third-order valence-corrected chi connectivity index (χ3v) is 19.0. The highest BCUT2D eigenvalue weighted by atomic mass is 14.9. The normalized spacial score (nSPS) is 13.3. The Labute approximate surface area is 507 Å². The van der Waals surface area contributed by atoms with Crippen LogP contribution in [0.25, 0.3) is 88.0 Å². The van der Waals surface area contributed by atoms with Gasteiger partial charge in [-0.3, -0.25) is 0 Å². The smallest absolute Gasteiger partial charge is 0.0713 e. The van der Waals surface area contributed by atoms with Gasteiger partial charge >= 0.3 is 0 Å². The zero-order chi connectivity index (χ0) is 57.6. The lowest BCUT2D eigenvalue weighted by Gasteiger charge is -2.34. The molecule has 0 radical (unpaired) electrons. The van der Waals surface area contributed by atoms with Crippen LogP contribution in [0.3, 0.4) is 0 Å². The fraction of sp³-hybridized carbons (Fsp3) is 0.0353. The Morgan fingerprint density at radius 2 is 0.655 bits per heavy atom. The Morgan fingerprint density at radius 1 is 0.253 bits per heavy atom. The molecule has 0 aliphatic heterocycles. The Kier molecular flexibility index (Phi) is 11.6. The van der Waals surface area contributed by atoms with Crippen molar-refractivity contribution in [3.8, 4) is 55.6 Å². The third-order valence-electron chi connectivity index (χ3n) is 19.0. The van der Waals surface area contributed by atoms with Crippen LogP contribution in [0.1, 0.15) is 50.1 Å². The summed E-state index contributed by atoms with van der Waals surface area (Å²) in [6.45, 7) is 2.18. The molecule has 87 heavy (non-hydrogen) atoms. The summed E-state index contributed by atoms with van der Waals surface area (Å²) in [4.78, 5) is 0. The van der Waals surface area contributed by atoms with Gasteiger partial charge in [0.2, 0.25) is 0 Å². The molecule has 0 saturated heterocycles. The molecule has 0 amide bonds. The Hall–Kier alpha value is -11.1. The van der Waals surface area contributed by atoms with Gasteiger partial charge in [-0.15, -0.1) is 0 Å². The molecule has 17 rings (SSSR count). The van der Waals surface area contributed by atoms with E-state index in [0.717, 1.165) is 39.4 Å². The van der Waals surface area contributed by atoms with Crippen LogP contribution < -0.4 is 10.6 Å². The van der Waals surface area contributed by atoms with Gasteiger partial charge in [0.1, 0.15) is 0 Å². The standard InChI is InChI=1S/C85H58N2/c1-55-21-16-26-61(49-55)75-54-62-44-46-73-80(86-67-33-19-24-59(52-67)57-22-17-31-65(50-57)84(63-27-4-2-5-28-63)76-39-12-8-35-69(76)70-36-9-13-40-77(70)84)48-45-56-43-47-74(82(62)81(56)73)83(75)87-68-34-20-25-60(53-68)58-23-18-32-66(51-58)85(64-29-6-3-7-30-64)78-41-14-10-37-71(78)72-38-11-15-42-79(72)85/h2-54,86-87H,1H3. The minimum atomic E-state index is -0.485. The van der Waals surface area contributed by atoms with Gasteiger partial charge in [-0.1, -0.05) is 279 Å². The first kappa shape index (κ1) is 50.5. The average molecular weight is 1110 g/mol. The molecular weight excluding hydrogens is 1050 g/mol. The van der Waals surface area contributed by atoms with Gasteiger partial charge < -0.3 is 10.6 Å². The van der Waals surface area contributed by atoms with E-state index < -0.39 is 10.8 Å². The molecule has 0 bridgehead atoms. The van der Waals surface area contributed by atoms with Gasteiger partial charge in [0.15, 0.2) is 0 Å². The average Bonchev–Trinajstić information content (AvgIpc) is 1.81. The van der Waals surface area contributed by atoms with Crippen LogP contribution >= 0.6 is 0 Å². The second kappa shape index (κ2) is 20.1. The Balaban J connectivity index is 0.751. The van der Waals surface area contributed by atoms with Gasteiger partial charge in [0, 0.05) is 33.4 Å². The van der Waals surface area contributed by atoms with E-state index in [1.165, 1.54) is 121 Å². The highest BCUT2D eigenvalue weighted by Gasteiger charge is 2.47. The molecule has 0 atom stereocenters. The molecule has 0 spiro atoms. The quantitative estimate of drug-likeness (QED) is 0.126. The number of nitrogens with one attached hydrogen (secondary N) is 2. The first-order valence-electron chi connectivity index (χ1n) is 30.3. The van der Waals surface area contributed by atoms with Crippen molar-refractivity contribution in [1.29, 1.82) is 0 Å². The van der Waals surface area contributed by atoms with Crippen LogP contribution in [0.4, 0.5) is 22.7 Å². The van der Waals surface area contributed by atoms with Crippen molar-refractivity contribution in [2.75, 3.05) is 10.6 Å². The van der Waals surface area contributed by atoms with Crippen LogP contribution in [0.15, 0.2) is 322 Å². The maximum atomic E-state index is 4.09. The highest BCUT2D eigenvalue weighted by molar-refractivity contribution is 6.29. The maximum Gasteiger partial charge on any atom is 0.0713 e. The zero-order valence-electron chi connectivity index (χ0n) is 48.1. The highest BCUT2D eigenvalue weighted by Crippen LogP contribution is 2.58. The molecule has 0 fully saturated rings. The van der Waals surface area contributed by atoms with Crippen molar-refractivity contribution in [2.45, 2.75) is 17.8 Å². The van der Waals surface area contributed by atoms with Gasteiger partial charge in [0.05, 0.1) is 16.5 Å². The largest absolute Gasteiger partial charge is 0.355 e. The van der Waals surface area contributed by atoms with E-state index >= 15 is 0 Å². The summed E-state index contributed by atoms with van der Waals surface area (Å²) >= 11 is 0. The second-order valence-corrected chi connectivity index (χ2v) is 23.7. The first-order valence-corrected chi connectivity index (χ1v) is 30.3. The summed E-state index contributed by atoms with van der Waals surface area (Å²) in [5.74, 6) is 0. The lowest BCUT2D eigenvalue weighted by Crippen LogP contribution is -2.28. The monoisotopic (exact) mass is 1110 g/mol. The molecule has 0 heterocycles. The number of aryl methyl sites for hydroxylation is 1. The van der Waals surface area contributed by atoms with E-state index in [4.69, 9.17) is 0 Å². The Bertz CT molecular complexity index is 5100. The van der Waals surface area contributed by atoms with E-state index in [1.807, 2.05) is 0 Å². The molecule has 2 heteroatoms. The molecule has 0 saturated carbocycles. The van der Waals surface area contributed by atoms with Gasteiger partial charge in [-0.25, -0.2) is 0 Å². The lowest BCUT2D eigenvalue weighted by atomic mass is 9.67. The van der Waals surface area contributed by atoms with Crippen LogP contribution in [-0.4, -0.2) is 0 Å². The summed E-state index contributed by atoms with van der Waals surface area (Å²) in [6.07, 6.45) is 0. The second-order valence-electron chi connectivity index (χ2n) is 23.7. The number of hydrogen-bond acceptors (Lipinski definition) is 2. The summed E-state index contributed by atoms with van der Waals surface area (Å²) in [5, 5.41) is 15.3. The number of anilines is 4. The van der Waals surface area contributed by atoms with Gasteiger partial charge in [-0.2, -0.15) is 0 Å². The van der Waals surface area contributed by atoms with Gasteiger partial charge in [-0.05, 0) is 172 Å². The van der Waals surface area contributed by atoms with Crippen LogP contribution in [-0.2, 0) is 10.8 Å². The summed E-state index contributed by atoms with van der Waals surface area (Å²) < 4.78 is 0. The predicted octanol–water partition coefficient (Wildman–Crippen LogP) is 22.1. The predicted molar refractivity (Wildman–Crippen MR) is 365 cm³/mol. The van der Waals surface area contributed by atoms with Crippen molar-refractivity contribution in [1.82, 2.24) is 0 Å². The van der Waals surface area contributed by atoms with Crippen LogP contribution in [0, 0.1) is 6.92 Å². The van der Waals surface area contributed by atoms with Crippen molar-refractivity contribution < 1.29 is 0 Å². The maximum absolute atomic E-state index is 4.09. The van der Waals surface area contributed by atoms with Crippen LogP contribution in [0.2, 0.25) is 0 Å². The fourth-order valence-corrected chi connectivity index (χ4v) is 15.3. The Morgan fingerprint density at radius 3 is 1.18 bits per heavy atom. The van der Waals surface area contributed by atoms with E-state index in [9.17, 15) is 0 Å². The summed E-state index contributed by atoms with van der Waals surface area (Å²) in [5.41, 5.74) is 26.9. The van der Waals surface area contributed by atoms with Crippen molar-refractivity contribution >= 4 is 55.1 Å².